The van der Waals surface area contributed by atoms with Gasteiger partial charge in [0.05, 0.1) is 0 Å². The van der Waals surface area contributed by atoms with E-state index >= 15 is 0 Å². The summed E-state index contributed by atoms with van der Waals surface area (Å²) < 4.78 is 10.3. The largest absolute Gasteiger partial charge is 0.441 e. The van der Waals surface area contributed by atoms with E-state index in [0.717, 1.165) is 6.42 Å². The number of amides is 6. The van der Waals surface area contributed by atoms with Crippen LogP contribution in [0.2, 0.25) is 0 Å². The molecule has 2 unspecified atom stereocenters. The topological polar surface area (TPSA) is 203 Å². The van der Waals surface area contributed by atoms with Gasteiger partial charge in [0.25, 0.3) is 0 Å². The molecule has 0 aliphatic rings. The number of carbonyl (C=O) groups is 4. The fourth-order valence-electron chi connectivity index (χ4n) is 2.81. The van der Waals surface area contributed by atoms with Crippen molar-refractivity contribution in [1.82, 2.24) is 10.6 Å². The van der Waals surface area contributed by atoms with E-state index in [9.17, 15) is 29.4 Å². The first-order valence-electron chi connectivity index (χ1n) is 8.96. The SMILES string of the molecule is CCCCCC(OC(=O)NC(N)=O)C(CC)(OC(=O)NC(N)=O)C(O)(O)CC. The van der Waals surface area contributed by atoms with Crippen molar-refractivity contribution in [2.24, 2.45) is 11.5 Å². The van der Waals surface area contributed by atoms with Crippen LogP contribution in [0.3, 0.4) is 0 Å². The summed E-state index contributed by atoms with van der Waals surface area (Å²) in [5.41, 5.74) is 7.60. The summed E-state index contributed by atoms with van der Waals surface area (Å²) in [5.74, 6) is -2.64. The molecule has 28 heavy (non-hydrogen) atoms. The Morgan fingerprint density at radius 3 is 1.89 bits per heavy atom. The maximum absolute atomic E-state index is 12.0. The summed E-state index contributed by atoms with van der Waals surface area (Å²) in [6.45, 7) is 4.80. The summed E-state index contributed by atoms with van der Waals surface area (Å²) in [6.07, 6.45) is -2.44. The second kappa shape index (κ2) is 11.3. The monoisotopic (exact) mass is 406 g/mol. The molecule has 8 N–H and O–H groups in total. The maximum atomic E-state index is 12.0. The van der Waals surface area contributed by atoms with Crippen LogP contribution in [-0.2, 0) is 9.47 Å². The van der Waals surface area contributed by atoms with E-state index in [0.29, 0.717) is 12.8 Å². The molecule has 162 valence electrons. The third kappa shape index (κ3) is 7.19. The minimum atomic E-state index is -2.64. The first kappa shape index (κ1) is 25.4. The van der Waals surface area contributed by atoms with Gasteiger partial charge in [0.2, 0.25) is 11.4 Å². The Kier molecular flexibility index (Phi) is 10.2. The van der Waals surface area contributed by atoms with Crippen LogP contribution < -0.4 is 22.1 Å². The highest BCUT2D eigenvalue weighted by Crippen LogP contribution is 2.38. The third-order valence-electron chi connectivity index (χ3n) is 4.26. The van der Waals surface area contributed by atoms with E-state index in [1.807, 2.05) is 6.92 Å². The molecule has 0 heterocycles. The number of alkyl carbamates (subject to hydrolysis) is 2. The van der Waals surface area contributed by atoms with Gasteiger partial charge < -0.3 is 31.2 Å². The molecule has 12 heteroatoms. The summed E-state index contributed by atoms with van der Waals surface area (Å²) in [6, 6.07) is -2.40. The van der Waals surface area contributed by atoms with Crippen molar-refractivity contribution < 1.29 is 38.9 Å². The average Bonchev–Trinajstić information content (AvgIpc) is 2.57. The lowest BCUT2D eigenvalue weighted by molar-refractivity contribution is -0.301. The highest BCUT2D eigenvalue weighted by molar-refractivity contribution is 5.90. The van der Waals surface area contributed by atoms with E-state index in [1.165, 1.54) is 13.8 Å². The zero-order valence-electron chi connectivity index (χ0n) is 16.3. The van der Waals surface area contributed by atoms with E-state index in [4.69, 9.17) is 20.9 Å². The van der Waals surface area contributed by atoms with Gasteiger partial charge in [-0.2, -0.15) is 0 Å². The maximum Gasteiger partial charge on any atom is 0.416 e. The van der Waals surface area contributed by atoms with Gasteiger partial charge in [0.15, 0.2) is 0 Å². The predicted octanol–water partition coefficient (Wildman–Crippen LogP) is 0.785. The molecule has 0 aliphatic carbocycles. The normalized spacial score (nSPS) is 14.3. The molecule has 0 rings (SSSR count). The molecule has 0 aliphatic heterocycles. The quantitative estimate of drug-likeness (QED) is 0.225. The number of unbranched alkanes of at least 4 members (excludes halogenated alkanes) is 2. The number of hydrogen-bond donors (Lipinski definition) is 6. The molecule has 2 atom stereocenters. The number of nitrogens with two attached hydrogens (primary N) is 2. The molecule has 0 aromatic heterocycles. The standard InChI is InChI=1S/C16H30N4O8/c1-4-7-8-9-10(27-13(23)19-11(17)21)15(5-2,16(25,26)6-3)28-14(24)20-12(18)22/h10,25-26H,4-9H2,1-3H3,(H3,17,19,21,23)(H3,18,20,22,24). The Morgan fingerprint density at radius 2 is 1.46 bits per heavy atom. The number of primary amides is 2. The summed E-state index contributed by atoms with van der Waals surface area (Å²) in [4.78, 5) is 45.7. The first-order chi connectivity index (χ1) is 13.0. The van der Waals surface area contributed by atoms with Gasteiger partial charge in [0.1, 0.15) is 6.10 Å². The zero-order valence-corrected chi connectivity index (χ0v) is 16.3. The summed E-state index contributed by atoms with van der Waals surface area (Å²) in [7, 11) is 0. The van der Waals surface area contributed by atoms with E-state index in [2.05, 4.69) is 0 Å². The number of rotatable bonds is 10. The van der Waals surface area contributed by atoms with Gasteiger partial charge in [-0.3, -0.25) is 0 Å². The van der Waals surface area contributed by atoms with Gasteiger partial charge in [-0.25, -0.2) is 29.8 Å². The van der Waals surface area contributed by atoms with Crippen molar-refractivity contribution in [2.45, 2.75) is 76.8 Å². The summed E-state index contributed by atoms with van der Waals surface area (Å²) in [5, 5.41) is 24.5. The van der Waals surface area contributed by atoms with Crippen molar-refractivity contribution in [3.63, 3.8) is 0 Å². The molecule has 0 saturated heterocycles. The van der Waals surface area contributed by atoms with Crippen LogP contribution in [-0.4, -0.2) is 52.0 Å². The predicted molar refractivity (Wildman–Crippen MR) is 96.8 cm³/mol. The van der Waals surface area contributed by atoms with Crippen LogP contribution >= 0.6 is 0 Å². The van der Waals surface area contributed by atoms with Crippen LogP contribution in [0.5, 0.6) is 0 Å². The molecule has 12 nitrogen and oxygen atoms in total. The highest BCUT2D eigenvalue weighted by atomic mass is 16.6. The van der Waals surface area contributed by atoms with E-state index < -0.39 is 41.7 Å². The van der Waals surface area contributed by atoms with Crippen molar-refractivity contribution >= 4 is 24.2 Å². The van der Waals surface area contributed by atoms with Crippen LogP contribution in [0.4, 0.5) is 19.2 Å². The minimum Gasteiger partial charge on any atom is -0.441 e. The Labute approximate surface area is 162 Å². The van der Waals surface area contributed by atoms with E-state index in [-0.39, 0.29) is 19.3 Å². The molecule has 0 bridgehead atoms. The van der Waals surface area contributed by atoms with Gasteiger partial charge in [0, 0.05) is 6.42 Å². The van der Waals surface area contributed by atoms with Gasteiger partial charge in [-0.15, -0.1) is 0 Å². The van der Waals surface area contributed by atoms with Gasteiger partial charge in [-0.1, -0.05) is 33.6 Å². The Morgan fingerprint density at radius 1 is 0.929 bits per heavy atom. The average molecular weight is 406 g/mol. The number of hydrogen-bond acceptors (Lipinski definition) is 8. The van der Waals surface area contributed by atoms with Gasteiger partial charge >= 0.3 is 24.2 Å². The van der Waals surface area contributed by atoms with E-state index in [1.54, 1.807) is 10.6 Å². The molecule has 0 saturated carbocycles. The lowest BCUT2D eigenvalue weighted by Gasteiger charge is -2.46. The molecule has 0 radical (unpaired) electrons. The number of nitrogens with one attached hydrogen (secondary N) is 2. The zero-order chi connectivity index (χ0) is 22.0. The molecule has 0 aromatic carbocycles. The third-order valence-corrected chi connectivity index (χ3v) is 4.26. The van der Waals surface area contributed by atoms with Crippen molar-refractivity contribution in [1.29, 1.82) is 0 Å². The smallest absolute Gasteiger partial charge is 0.416 e. The van der Waals surface area contributed by atoms with Crippen LogP contribution in [0.1, 0.15) is 59.3 Å². The number of imide groups is 2. The fraction of sp³-hybridized carbons (Fsp3) is 0.750. The van der Waals surface area contributed by atoms with Crippen molar-refractivity contribution in [3.05, 3.63) is 0 Å². The number of ether oxygens (including phenoxy) is 2. The Hall–Kier alpha value is -2.60. The highest BCUT2D eigenvalue weighted by Gasteiger charge is 2.58. The molecule has 0 fully saturated rings. The fourth-order valence-corrected chi connectivity index (χ4v) is 2.81. The van der Waals surface area contributed by atoms with Crippen molar-refractivity contribution in [2.75, 3.05) is 0 Å². The van der Waals surface area contributed by atoms with Crippen LogP contribution in [0.15, 0.2) is 0 Å². The van der Waals surface area contributed by atoms with Crippen LogP contribution in [0, 0.1) is 0 Å². The summed E-state index contributed by atoms with van der Waals surface area (Å²) >= 11 is 0. The number of aliphatic hydroxyl groups is 2. The number of carbonyl (C=O) groups excluding carboxylic acids is 4. The first-order valence-corrected chi connectivity index (χ1v) is 8.96. The molecule has 0 spiro atoms. The number of urea groups is 2. The lowest BCUT2D eigenvalue weighted by atomic mass is 9.80. The lowest BCUT2D eigenvalue weighted by Crippen LogP contribution is -2.65. The second-order valence-corrected chi connectivity index (χ2v) is 6.17. The molecular weight excluding hydrogens is 376 g/mol. The second-order valence-electron chi connectivity index (χ2n) is 6.17. The van der Waals surface area contributed by atoms with Crippen molar-refractivity contribution in [3.8, 4) is 0 Å². The molecular formula is C16H30N4O8. The Balaban J connectivity index is 6.01. The molecule has 6 amide bonds. The van der Waals surface area contributed by atoms with Crippen LogP contribution in [0.25, 0.3) is 0 Å². The van der Waals surface area contributed by atoms with Gasteiger partial charge in [-0.05, 0) is 19.3 Å². The Bertz CT molecular complexity index is 569. The molecule has 0 aromatic rings. The minimum absolute atomic E-state index is 0.0700.